The van der Waals surface area contributed by atoms with Crippen LogP contribution >= 0.6 is 0 Å². The molecule has 4 aliphatic carbocycles. The third kappa shape index (κ3) is 1.52. The molecule has 5 aliphatic rings. The van der Waals surface area contributed by atoms with Crippen molar-refractivity contribution in [1.82, 2.24) is 4.90 Å². The fourth-order valence-electron chi connectivity index (χ4n) is 5.95. The van der Waals surface area contributed by atoms with Crippen LogP contribution in [0.3, 0.4) is 0 Å². The van der Waals surface area contributed by atoms with Gasteiger partial charge in [0.15, 0.2) is 0 Å². The van der Waals surface area contributed by atoms with Gasteiger partial charge < -0.3 is 0 Å². The van der Waals surface area contributed by atoms with E-state index in [1.54, 1.807) is 4.90 Å². The summed E-state index contributed by atoms with van der Waals surface area (Å²) < 4.78 is 0. The monoisotopic (exact) mass is 275 g/mol. The lowest BCUT2D eigenvalue weighted by Crippen LogP contribution is -2.73. The van der Waals surface area contributed by atoms with Gasteiger partial charge in [-0.2, -0.15) is 0 Å². The Morgan fingerprint density at radius 1 is 0.900 bits per heavy atom. The van der Waals surface area contributed by atoms with Gasteiger partial charge in [0.1, 0.15) is 5.92 Å². The number of carbonyl (C=O) groups excluding carboxylic acids is 2. The molecule has 110 valence electrons. The van der Waals surface area contributed by atoms with E-state index in [2.05, 4.69) is 0 Å². The molecule has 1 aliphatic heterocycles. The second-order valence-corrected chi connectivity index (χ2v) is 8.95. The highest BCUT2D eigenvalue weighted by Crippen LogP contribution is 2.59. The lowest BCUT2D eigenvalue weighted by molar-refractivity contribution is -0.192. The highest BCUT2D eigenvalue weighted by atomic mass is 16.2. The number of hydrogen-bond donors (Lipinski definition) is 0. The van der Waals surface area contributed by atoms with Crippen LogP contribution in [0.2, 0.25) is 0 Å². The Bertz CT molecular complexity index is 436. The van der Waals surface area contributed by atoms with Crippen LogP contribution in [-0.2, 0) is 9.59 Å². The van der Waals surface area contributed by atoms with Crippen molar-refractivity contribution in [3.8, 4) is 0 Å². The summed E-state index contributed by atoms with van der Waals surface area (Å²) >= 11 is 0. The molecule has 4 bridgehead atoms. The standard InChI is InChI=1S/C17H25NO2/c1-16(2,3)13-14(19)18(15(13)20)17-7-10-4-11(8-17)6-12(5-10)9-17/h10-13H,4-9H2,1-3H3. The van der Waals surface area contributed by atoms with Crippen LogP contribution in [-0.4, -0.2) is 22.3 Å². The Hall–Kier alpha value is -0.860. The van der Waals surface area contributed by atoms with Crippen molar-refractivity contribution in [2.45, 2.75) is 64.8 Å². The zero-order valence-corrected chi connectivity index (χ0v) is 12.8. The molecule has 5 rings (SSSR count). The van der Waals surface area contributed by atoms with Crippen molar-refractivity contribution < 1.29 is 9.59 Å². The minimum Gasteiger partial charge on any atom is -0.275 e. The zero-order valence-electron chi connectivity index (χ0n) is 12.8. The van der Waals surface area contributed by atoms with Crippen molar-refractivity contribution >= 4 is 11.8 Å². The SMILES string of the molecule is CC(C)(C)C1C(=O)N(C23CC4CC(CC(C4)C2)C3)C1=O. The van der Waals surface area contributed by atoms with Crippen LogP contribution in [0, 0.1) is 29.1 Å². The first kappa shape index (κ1) is 12.8. The quantitative estimate of drug-likeness (QED) is 0.545. The van der Waals surface area contributed by atoms with Gasteiger partial charge in [0.2, 0.25) is 11.8 Å². The molecule has 3 nitrogen and oxygen atoms in total. The maximum atomic E-state index is 12.6. The van der Waals surface area contributed by atoms with Crippen molar-refractivity contribution in [3.05, 3.63) is 0 Å². The summed E-state index contributed by atoms with van der Waals surface area (Å²) in [7, 11) is 0. The van der Waals surface area contributed by atoms with Gasteiger partial charge in [-0.3, -0.25) is 14.5 Å². The minimum absolute atomic E-state index is 0.0787. The number of carbonyl (C=O) groups is 2. The number of rotatable bonds is 1. The molecule has 3 heteroatoms. The molecule has 0 radical (unpaired) electrons. The fraction of sp³-hybridized carbons (Fsp3) is 0.882. The van der Waals surface area contributed by atoms with Crippen LogP contribution in [0.15, 0.2) is 0 Å². The zero-order chi connectivity index (χ0) is 14.3. The van der Waals surface area contributed by atoms with E-state index in [9.17, 15) is 9.59 Å². The lowest BCUT2D eigenvalue weighted by atomic mass is 9.51. The molecule has 0 N–H and O–H groups in total. The maximum absolute atomic E-state index is 12.6. The Labute approximate surface area is 121 Å². The molecule has 0 aromatic heterocycles. The van der Waals surface area contributed by atoms with E-state index in [1.165, 1.54) is 19.3 Å². The van der Waals surface area contributed by atoms with E-state index in [4.69, 9.17) is 0 Å². The van der Waals surface area contributed by atoms with Gasteiger partial charge in [0.05, 0.1) is 5.54 Å². The van der Waals surface area contributed by atoms with Gasteiger partial charge in [0, 0.05) is 0 Å². The minimum atomic E-state index is -0.393. The Balaban J connectivity index is 1.63. The average molecular weight is 275 g/mol. The molecule has 2 amide bonds. The number of β-lactam (4-membered cyclic amide) rings is 2. The van der Waals surface area contributed by atoms with Gasteiger partial charge in [0.25, 0.3) is 0 Å². The van der Waals surface area contributed by atoms with Crippen molar-refractivity contribution in [3.63, 3.8) is 0 Å². The fourth-order valence-corrected chi connectivity index (χ4v) is 5.95. The Morgan fingerprint density at radius 3 is 1.65 bits per heavy atom. The number of hydrogen-bond acceptors (Lipinski definition) is 2. The molecule has 0 aromatic rings. The summed E-state index contributed by atoms with van der Waals surface area (Å²) in [5.41, 5.74) is -0.308. The molecular formula is C17H25NO2. The van der Waals surface area contributed by atoms with Gasteiger partial charge in [-0.05, 0) is 61.7 Å². The third-order valence-electron chi connectivity index (χ3n) is 6.28. The molecule has 5 fully saturated rings. The largest absolute Gasteiger partial charge is 0.275 e. The molecule has 1 saturated heterocycles. The second-order valence-electron chi connectivity index (χ2n) is 8.95. The Morgan fingerprint density at radius 2 is 1.30 bits per heavy atom. The highest BCUT2D eigenvalue weighted by molar-refractivity contribution is 6.18. The number of likely N-dealkylation sites (tertiary alicyclic amines) is 1. The summed E-state index contributed by atoms with van der Waals surface area (Å²) in [5, 5.41) is 0. The van der Waals surface area contributed by atoms with Gasteiger partial charge in [-0.25, -0.2) is 0 Å². The number of imide groups is 1. The molecule has 20 heavy (non-hydrogen) atoms. The first-order chi connectivity index (χ1) is 9.30. The number of amides is 2. The van der Waals surface area contributed by atoms with E-state index >= 15 is 0 Å². The summed E-state index contributed by atoms with van der Waals surface area (Å²) in [6, 6.07) is 0. The van der Waals surface area contributed by atoms with Crippen molar-refractivity contribution in [2.75, 3.05) is 0 Å². The van der Waals surface area contributed by atoms with E-state index < -0.39 is 5.92 Å². The average Bonchev–Trinajstić information content (AvgIpc) is 2.23. The predicted octanol–water partition coefficient (Wildman–Crippen LogP) is 2.99. The first-order valence-electron chi connectivity index (χ1n) is 8.18. The highest BCUT2D eigenvalue weighted by Gasteiger charge is 2.64. The number of nitrogens with zero attached hydrogens (tertiary/aromatic N) is 1. The maximum Gasteiger partial charge on any atom is 0.242 e. The van der Waals surface area contributed by atoms with Crippen LogP contribution < -0.4 is 0 Å². The second kappa shape index (κ2) is 3.66. The van der Waals surface area contributed by atoms with Gasteiger partial charge >= 0.3 is 0 Å². The topological polar surface area (TPSA) is 37.4 Å². The first-order valence-corrected chi connectivity index (χ1v) is 8.18. The van der Waals surface area contributed by atoms with Crippen molar-refractivity contribution in [1.29, 1.82) is 0 Å². The molecule has 0 unspecified atom stereocenters. The molecule has 4 saturated carbocycles. The van der Waals surface area contributed by atoms with Crippen molar-refractivity contribution in [2.24, 2.45) is 29.1 Å². The summed E-state index contributed by atoms with van der Waals surface area (Å²) in [4.78, 5) is 27.0. The summed E-state index contributed by atoms with van der Waals surface area (Å²) in [6.45, 7) is 6.01. The summed E-state index contributed by atoms with van der Waals surface area (Å²) in [6.07, 6.45) is 7.31. The van der Waals surface area contributed by atoms with Gasteiger partial charge in [-0.1, -0.05) is 20.8 Å². The normalized spacial score (nSPS) is 44.1. The summed E-state index contributed by atoms with van der Waals surface area (Å²) in [5.74, 6) is 2.16. The smallest absolute Gasteiger partial charge is 0.242 e. The lowest BCUT2D eigenvalue weighted by Gasteiger charge is -2.63. The molecule has 0 aromatic carbocycles. The van der Waals surface area contributed by atoms with Crippen LogP contribution in [0.5, 0.6) is 0 Å². The predicted molar refractivity (Wildman–Crippen MR) is 75.7 cm³/mol. The molecular weight excluding hydrogens is 250 g/mol. The van der Waals surface area contributed by atoms with Crippen LogP contribution in [0.1, 0.15) is 59.3 Å². The molecule has 0 spiro atoms. The van der Waals surface area contributed by atoms with E-state index in [-0.39, 0.29) is 22.8 Å². The van der Waals surface area contributed by atoms with E-state index in [0.717, 1.165) is 37.0 Å². The third-order valence-corrected chi connectivity index (χ3v) is 6.28. The molecule has 1 heterocycles. The van der Waals surface area contributed by atoms with E-state index in [1.807, 2.05) is 20.8 Å². The van der Waals surface area contributed by atoms with Crippen LogP contribution in [0.25, 0.3) is 0 Å². The van der Waals surface area contributed by atoms with E-state index in [0.29, 0.717) is 0 Å². The molecule has 0 atom stereocenters. The van der Waals surface area contributed by atoms with Crippen LogP contribution in [0.4, 0.5) is 0 Å². The van der Waals surface area contributed by atoms with Gasteiger partial charge in [-0.15, -0.1) is 0 Å². The Kier molecular flexibility index (Phi) is 2.35.